The highest BCUT2D eigenvalue weighted by atomic mass is 35.5. The molecule has 0 saturated carbocycles. The molecule has 1 aromatic carbocycles. The molecule has 1 aliphatic heterocycles. The third kappa shape index (κ3) is 3.18. The van der Waals surface area contributed by atoms with Gasteiger partial charge in [-0.05, 0) is 11.6 Å². The van der Waals surface area contributed by atoms with Crippen molar-refractivity contribution in [2.24, 2.45) is 0 Å². The van der Waals surface area contributed by atoms with Crippen molar-refractivity contribution in [1.82, 2.24) is 4.57 Å². The highest BCUT2D eigenvalue weighted by Crippen LogP contribution is 2.39. The van der Waals surface area contributed by atoms with Crippen LogP contribution in [0.4, 0.5) is 14.5 Å². The van der Waals surface area contributed by atoms with Crippen LogP contribution in [-0.4, -0.2) is 22.9 Å². The monoisotopic (exact) mass is 366 g/mol. The van der Waals surface area contributed by atoms with Gasteiger partial charge >= 0.3 is 0 Å². The van der Waals surface area contributed by atoms with Gasteiger partial charge < -0.3 is 9.47 Å². The van der Waals surface area contributed by atoms with Gasteiger partial charge in [0.2, 0.25) is 5.91 Å². The Morgan fingerprint density at radius 3 is 2.64 bits per heavy atom. The number of alkyl halides is 1. The first-order chi connectivity index (χ1) is 11.7. The molecule has 0 atom stereocenters. The third-order valence-corrected chi connectivity index (χ3v) is 4.68. The second kappa shape index (κ2) is 6.26. The van der Waals surface area contributed by atoms with Crippen LogP contribution in [-0.2, 0) is 16.8 Å². The van der Waals surface area contributed by atoms with E-state index < -0.39 is 11.6 Å². The molecule has 0 aliphatic carbocycles. The number of hydrogen-bond donors (Lipinski definition) is 0. The van der Waals surface area contributed by atoms with Crippen molar-refractivity contribution >= 4 is 23.2 Å². The van der Waals surface area contributed by atoms with Crippen LogP contribution in [0.15, 0.2) is 35.3 Å². The molecule has 2 aromatic rings. The van der Waals surface area contributed by atoms with E-state index >= 15 is 0 Å². The summed E-state index contributed by atoms with van der Waals surface area (Å²) in [6, 6.07) is 4.69. The summed E-state index contributed by atoms with van der Waals surface area (Å²) in [7, 11) is 0. The van der Waals surface area contributed by atoms with Crippen molar-refractivity contribution in [3.05, 3.63) is 63.6 Å². The SMILES string of the molecule is CC1(C)CN(C(=O)CCl)c2cn(Cc3ccc(F)cc3F)c(=O)cc21. The maximum Gasteiger partial charge on any atom is 0.251 e. The third-order valence-electron chi connectivity index (χ3n) is 4.45. The van der Waals surface area contributed by atoms with Crippen LogP contribution in [0.5, 0.6) is 0 Å². The molecule has 25 heavy (non-hydrogen) atoms. The molecule has 0 saturated heterocycles. The van der Waals surface area contributed by atoms with Gasteiger partial charge in [-0.1, -0.05) is 19.9 Å². The Labute approximate surface area is 148 Å². The van der Waals surface area contributed by atoms with Gasteiger partial charge in [0.05, 0.1) is 12.2 Å². The average Bonchev–Trinajstić information content (AvgIpc) is 2.80. The molecule has 0 unspecified atom stereocenters. The highest BCUT2D eigenvalue weighted by molar-refractivity contribution is 6.29. The smallest absolute Gasteiger partial charge is 0.251 e. The molecule has 0 fully saturated rings. The molecule has 3 rings (SSSR count). The van der Waals surface area contributed by atoms with Gasteiger partial charge in [-0.2, -0.15) is 0 Å². The Morgan fingerprint density at radius 1 is 1.28 bits per heavy atom. The summed E-state index contributed by atoms with van der Waals surface area (Å²) >= 11 is 5.68. The minimum Gasteiger partial charge on any atom is -0.309 e. The maximum absolute atomic E-state index is 13.9. The van der Waals surface area contributed by atoms with E-state index in [4.69, 9.17) is 11.6 Å². The number of pyridine rings is 1. The Morgan fingerprint density at radius 2 is 2.00 bits per heavy atom. The van der Waals surface area contributed by atoms with Crippen LogP contribution in [0.3, 0.4) is 0 Å². The molecule has 132 valence electrons. The number of nitrogens with zero attached hydrogens (tertiary/aromatic N) is 2. The van der Waals surface area contributed by atoms with E-state index in [-0.39, 0.29) is 34.9 Å². The Kier molecular flexibility index (Phi) is 4.41. The summed E-state index contributed by atoms with van der Waals surface area (Å²) in [5.41, 5.74) is 0.854. The van der Waals surface area contributed by atoms with E-state index in [1.807, 2.05) is 13.8 Å². The number of anilines is 1. The number of benzene rings is 1. The Hall–Kier alpha value is -2.21. The lowest BCUT2D eigenvalue weighted by atomic mass is 9.87. The van der Waals surface area contributed by atoms with Gasteiger partial charge in [-0.15, -0.1) is 11.6 Å². The van der Waals surface area contributed by atoms with Gasteiger partial charge in [0.15, 0.2) is 0 Å². The molecule has 1 aromatic heterocycles. The van der Waals surface area contributed by atoms with Crippen molar-refractivity contribution in [2.45, 2.75) is 25.8 Å². The van der Waals surface area contributed by atoms with E-state index in [1.54, 1.807) is 11.1 Å². The normalized spacial score (nSPS) is 15.3. The number of amides is 1. The summed E-state index contributed by atoms with van der Waals surface area (Å²) in [6.07, 6.45) is 1.54. The number of hydrogen-bond acceptors (Lipinski definition) is 2. The zero-order chi connectivity index (χ0) is 18.4. The summed E-state index contributed by atoms with van der Waals surface area (Å²) in [6.45, 7) is 4.25. The largest absolute Gasteiger partial charge is 0.309 e. The lowest BCUT2D eigenvalue weighted by Crippen LogP contribution is -2.34. The number of rotatable bonds is 3. The van der Waals surface area contributed by atoms with Crippen molar-refractivity contribution < 1.29 is 13.6 Å². The van der Waals surface area contributed by atoms with Crippen LogP contribution in [0.2, 0.25) is 0 Å². The zero-order valence-electron chi connectivity index (χ0n) is 13.9. The van der Waals surface area contributed by atoms with Crippen molar-refractivity contribution in [2.75, 3.05) is 17.3 Å². The molecule has 7 heteroatoms. The van der Waals surface area contributed by atoms with E-state index in [1.165, 1.54) is 16.7 Å². The van der Waals surface area contributed by atoms with E-state index in [0.29, 0.717) is 12.2 Å². The summed E-state index contributed by atoms with van der Waals surface area (Å²) in [5.74, 6) is -1.82. The fraction of sp³-hybridized carbons (Fsp3) is 0.333. The van der Waals surface area contributed by atoms with Crippen molar-refractivity contribution in [3.8, 4) is 0 Å². The van der Waals surface area contributed by atoms with E-state index in [9.17, 15) is 18.4 Å². The first-order valence-corrected chi connectivity index (χ1v) is 8.31. The molecular formula is C18H17ClF2N2O2. The fourth-order valence-electron chi connectivity index (χ4n) is 3.14. The van der Waals surface area contributed by atoms with Crippen LogP contribution < -0.4 is 10.5 Å². The van der Waals surface area contributed by atoms with Gasteiger partial charge in [0.25, 0.3) is 5.56 Å². The number of carbonyl (C=O) groups is 1. The molecule has 2 heterocycles. The van der Waals surface area contributed by atoms with Gasteiger partial charge in [0, 0.05) is 35.9 Å². The Bertz CT molecular complexity index is 908. The minimum absolute atomic E-state index is 0.0540. The minimum atomic E-state index is -0.721. The first kappa shape index (κ1) is 17.6. The van der Waals surface area contributed by atoms with Crippen LogP contribution in [0, 0.1) is 11.6 Å². The molecule has 0 N–H and O–H groups in total. The van der Waals surface area contributed by atoms with E-state index in [2.05, 4.69) is 0 Å². The lowest BCUT2D eigenvalue weighted by Gasteiger charge is -2.19. The van der Waals surface area contributed by atoms with Crippen LogP contribution in [0.25, 0.3) is 0 Å². The molecular weight excluding hydrogens is 350 g/mol. The maximum atomic E-state index is 13.9. The standard InChI is InChI=1S/C18H17ClF2N2O2/c1-18(2)10-23(17(25)7-19)15-9-22(16(24)6-13(15)18)8-11-3-4-12(20)5-14(11)21/h3-6,9H,7-8,10H2,1-2H3. The summed E-state index contributed by atoms with van der Waals surface area (Å²) < 4.78 is 28.2. The zero-order valence-corrected chi connectivity index (χ0v) is 14.6. The molecule has 0 bridgehead atoms. The van der Waals surface area contributed by atoms with E-state index in [0.717, 1.165) is 17.7 Å². The van der Waals surface area contributed by atoms with Crippen LogP contribution >= 0.6 is 11.6 Å². The predicted molar refractivity (Wildman–Crippen MR) is 92.3 cm³/mol. The van der Waals surface area contributed by atoms with Gasteiger partial charge in [-0.25, -0.2) is 8.78 Å². The van der Waals surface area contributed by atoms with Crippen molar-refractivity contribution in [1.29, 1.82) is 0 Å². The lowest BCUT2D eigenvalue weighted by molar-refractivity contribution is -0.116. The van der Waals surface area contributed by atoms with Crippen LogP contribution in [0.1, 0.15) is 25.0 Å². The van der Waals surface area contributed by atoms with Crippen molar-refractivity contribution in [3.63, 3.8) is 0 Å². The second-order valence-electron chi connectivity index (χ2n) is 6.77. The van der Waals surface area contributed by atoms with Gasteiger partial charge in [-0.3, -0.25) is 9.59 Å². The molecule has 1 aliphatic rings. The quantitative estimate of drug-likeness (QED) is 0.784. The highest BCUT2D eigenvalue weighted by Gasteiger charge is 2.38. The topological polar surface area (TPSA) is 42.3 Å². The number of carbonyl (C=O) groups excluding carboxylic acids is 1. The van der Waals surface area contributed by atoms with Gasteiger partial charge in [0.1, 0.15) is 17.5 Å². The Balaban J connectivity index is 2.06. The second-order valence-corrected chi connectivity index (χ2v) is 7.04. The summed E-state index contributed by atoms with van der Waals surface area (Å²) in [5, 5.41) is 0. The number of halogens is 3. The fourth-order valence-corrected chi connectivity index (χ4v) is 3.28. The molecule has 1 amide bonds. The predicted octanol–water partition coefficient (Wildman–Crippen LogP) is 3.04. The number of fused-ring (bicyclic) bond motifs is 1. The summed E-state index contributed by atoms with van der Waals surface area (Å²) in [4.78, 5) is 26.1. The molecule has 0 radical (unpaired) electrons. The average molecular weight is 367 g/mol. The number of aromatic nitrogens is 1. The molecule has 4 nitrogen and oxygen atoms in total. The first-order valence-electron chi connectivity index (χ1n) is 7.78. The molecule has 0 spiro atoms.